The summed E-state index contributed by atoms with van der Waals surface area (Å²) in [6, 6.07) is 52.5. The van der Waals surface area contributed by atoms with E-state index in [0.29, 0.717) is 5.25 Å². The molecule has 0 spiro atoms. The van der Waals surface area contributed by atoms with Gasteiger partial charge in [-0.3, -0.25) is 0 Å². The van der Waals surface area contributed by atoms with Gasteiger partial charge in [-0.15, -0.1) is 11.8 Å². The third-order valence-corrected chi connectivity index (χ3v) is 14.2. The van der Waals surface area contributed by atoms with Gasteiger partial charge < -0.3 is 4.57 Å². The highest BCUT2D eigenvalue weighted by atomic mass is 32.2. The maximum absolute atomic E-state index is 5.16. The third-order valence-electron chi connectivity index (χ3n) is 12.8. The molecule has 0 N–H and O–H groups in total. The summed E-state index contributed by atoms with van der Waals surface area (Å²) in [5.41, 5.74) is 14.7. The molecule has 0 bridgehead atoms. The number of allylic oxidation sites excluding steroid dienone is 11. The van der Waals surface area contributed by atoms with E-state index in [9.17, 15) is 0 Å². The number of benzene rings is 6. The van der Waals surface area contributed by atoms with Crippen LogP contribution in [-0.2, 0) is 0 Å². The van der Waals surface area contributed by atoms with E-state index in [2.05, 4.69) is 187 Å². The van der Waals surface area contributed by atoms with Gasteiger partial charge in [-0.1, -0.05) is 176 Å². The van der Waals surface area contributed by atoms with Crippen molar-refractivity contribution in [3.8, 4) is 33.6 Å². The van der Waals surface area contributed by atoms with E-state index in [-0.39, 0.29) is 11.8 Å². The molecule has 2 aromatic heterocycles. The predicted octanol–water partition coefficient (Wildman–Crippen LogP) is 14.5. The molecule has 5 heteroatoms. The lowest BCUT2D eigenvalue weighted by Gasteiger charge is -2.21. The van der Waals surface area contributed by atoms with Crippen LogP contribution in [0.25, 0.3) is 72.3 Å². The van der Waals surface area contributed by atoms with Crippen LogP contribution in [0.15, 0.2) is 205 Å². The van der Waals surface area contributed by atoms with E-state index in [1.807, 2.05) is 30.0 Å². The molecule has 6 aromatic carbocycles. The normalized spacial score (nSPS) is 19.0. The highest BCUT2D eigenvalue weighted by molar-refractivity contribution is 8.00. The molecule has 0 saturated carbocycles. The van der Waals surface area contributed by atoms with Crippen LogP contribution >= 0.6 is 11.8 Å². The summed E-state index contributed by atoms with van der Waals surface area (Å²) in [6.45, 7) is 0. The van der Waals surface area contributed by atoms with Gasteiger partial charge in [-0.2, -0.15) is 0 Å². The molecule has 0 fully saturated rings. The lowest BCUT2D eigenvalue weighted by Crippen LogP contribution is -2.11. The molecule has 62 heavy (non-hydrogen) atoms. The highest BCUT2D eigenvalue weighted by Crippen LogP contribution is 2.57. The summed E-state index contributed by atoms with van der Waals surface area (Å²) in [4.78, 5) is 16.7. The topological polar surface area (TPSA) is 43.6 Å². The van der Waals surface area contributed by atoms with Gasteiger partial charge in [0, 0.05) is 44.0 Å². The maximum atomic E-state index is 5.16. The number of rotatable bonds is 7. The lowest BCUT2D eigenvalue weighted by atomic mass is 9.84. The molecule has 3 heterocycles. The van der Waals surface area contributed by atoms with Crippen molar-refractivity contribution in [1.29, 1.82) is 0 Å². The minimum absolute atomic E-state index is 0.0114. The average Bonchev–Trinajstić information content (AvgIpc) is 3.90. The zero-order chi connectivity index (χ0) is 41.0. The molecule has 3 atom stereocenters. The van der Waals surface area contributed by atoms with E-state index >= 15 is 0 Å². The largest absolute Gasteiger partial charge is 0.310 e. The molecule has 0 radical (unpaired) electrons. The SMILES string of the molecule is C1=CCCC(c2nc(-c3ccccc3)nc(C3C=CC(n4c5ccc(-c6ccccc6)cc5c5c6c(c(-c7ccccc7)cc54)SC4C=CC(c5ccccc5)=CC64)=CC3)n2)=C1. The fourth-order valence-corrected chi connectivity index (χ4v) is 11.2. The molecular formula is C57H42N4S. The first-order valence-electron chi connectivity index (χ1n) is 21.7. The minimum Gasteiger partial charge on any atom is -0.310 e. The lowest BCUT2D eigenvalue weighted by molar-refractivity contribution is 0.753. The minimum atomic E-state index is 0.0114. The maximum Gasteiger partial charge on any atom is 0.163 e. The fraction of sp³-hybridized carbons (Fsp3) is 0.105. The third kappa shape index (κ3) is 6.43. The zero-order valence-corrected chi connectivity index (χ0v) is 34.9. The Morgan fingerprint density at radius 1 is 0.613 bits per heavy atom. The van der Waals surface area contributed by atoms with Crippen LogP contribution < -0.4 is 0 Å². The molecular weight excluding hydrogens is 773 g/mol. The molecule has 296 valence electrons. The second-order valence-corrected chi connectivity index (χ2v) is 17.7. The van der Waals surface area contributed by atoms with Crippen molar-refractivity contribution in [3.05, 3.63) is 223 Å². The van der Waals surface area contributed by atoms with Crippen molar-refractivity contribution in [2.45, 2.75) is 41.2 Å². The van der Waals surface area contributed by atoms with Crippen molar-refractivity contribution >= 4 is 50.4 Å². The quantitative estimate of drug-likeness (QED) is 0.161. The Hall–Kier alpha value is -7.08. The molecule has 12 rings (SSSR count). The van der Waals surface area contributed by atoms with Gasteiger partial charge in [0.25, 0.3) is 0 Å². The molecule has 8 aromatic rings. The van der Waals surface area contributed by atoms with Crippen LogP contribution in [0.4, 0.5) is 0 Å². The van der Waals surface area contributed by atoms with Crippen LogP contribution in [-0.4, -0.2) is 24.8 Å². The van der Waals surface area contributed by atoms with Crippen molar-refractivity contribution in [2.24, 2.45) is 0 Å². The summed E-state index contributed by atoms with van der Waals surface area (Å²) in [5.74, 6) is 2.54. The second kappa shape index (κ2) is 15.4. The number of aromatic nitrogens is 4. The standard InChI is InChI=1S/C57H42N4S/c1-6-16-37(17-7-1)43-28-32-49-47(34-43)52-50(36-46(39-20-10-3-11-21-39)54-53(52)48-35-44(29-33-51(48)62-54)38-18-8-2-9-19-38)61(49)45-30-26-42(27-31-45)57-59-55(40-22-12-4-13-23-40)58-56(60-57)41-24-14-5-15-25-41/h1-14,16-24,26,28-36,42,48,51H,15,25,27H2. The van der Waals surface area contributed by atoms with Gasteiger partial charge >= 0.3 is 0 Å². The van der Waals surface area contributed by atoms with Crippen LogP contribution in [0.1, 0.15) is 53.9 Å². The van der Waals surface area contributed by atoms with Crippen LogP contribution in [0.3, 0.4) is 0 Å². The first kappa shape index (κ1) is 36.7. The van der Waals surface area contributed by atoms with Crippen molar-refractivity contribution in [2.75, 3.05) is 0 Å². The Kier molecular flexibility index (Phi) is 9.15. The van der Waals surface area contributed by atoms with Crippen molar-refractivity contribution < 1.29 is 0 Å². The first-order valence-corrected chi connectivity index (χ1v) is 22.6. The van der Waals surface area contributed by atoms with E-state index in [4.69, 9.17) is 15.0 Å². The van der Waals surface area contributed by atoms with Crippen molar-refractivity contribution in [1.82, 2.24) is 19.5 Å². The Morgan fingerprint density at radius 2 is 1.32 bits per heavy atom. The molecule has 3 aliphatic carbocycles. The number of hydrogen-bond acceptors (Lipinski definition) is 4. The summed E-state index contributed by atoms with van der Waals surface area (Å²) in [6.07, 6.45) is 23.5. The Morgan fingerprint density at radius 3 is 2.03 bits per heavy atom. The van der Waals surface area contributed by atoms with Gasteiger partial charge in [0.15, 0.2) is 11.6 Å². The molecule has 0 amide bonds. The molecule has 3 unspecified atom stereocenters. The summed E-state index contributed by atoms with van der Waals surface area (Å²) < 4.78 is 2.52. The number of nitrogens with zero attached hydrogens (tertiary/aromatic N) is 4. The predicted molar refractivity (Wildman–Crippen MR) is 259 cm³/mol. The second-order valence-electron chi connectivity index (χ2n) is 16.5. The van der Waals surface area contributed by atoms with Gasteiger partial charge in [0.2, 0.25) is 0 Å². The number of hydrogen-bond donors (Lipinski definition) is 0. The molecule has 4 nitrogen and oxygen atoms in total. The van der Waals surface area contributed by atoms with Crippen molar-refractivity contribution in [3.63, 3.8) is 0 Å². The van der Waals surface area contributed by atoms with Gasteiger partial charge in [0.05, 0.1) is 11.0 Å². The average molecular weight is 815 g/mol. The molecule has 4 aliphatic rings. The van der Waals surface area contributed by atoms with Crippen LogP contribution in [0.2, 0.25) is 0 Å². The Bertz CT molecular complexity index is 3230. The Labute approximate surface area is 366 Å². The van der Waals surface area contributed by atoms with Gasteiger partial charge in [0.1, 0.15) is 5.82 Å². The van der Waals surface area contributed by atoms with E-state index in [0.717, 1.165) is 53.6 Å². The molecule has 0 saturated heterocycles. The number of fused-ring (bicyclic) bond motifs is 7. The van der Waals surface area contributed by atoms with Gasteiger partial charge in [-0.25, -0.2) is 15.0 Å². The smallest absolute Gasteiger partial charge is 0.163 e. The summed E-state index contributed by atoms with van der Waals surface area (Å²) >= 11 is 2.02. The summed E-state index contributed by atoms with van der Waals surface area (Å²) in [7, 11) is 0. The summed E-state index contributed by atoms with van der Waals surface area (Å²) in [5, 5.41) is 2.93. The van der Waals surface area contributed by atoms with E-state index in [1.54, 1.807) is 0 Å². The molecule has 1 aliphatic heterocycles. The van der Waals surface area contributed by atoms with Crippen LogP contribution in [0.5, 0.6) is 0 Å². The van der Waals surface area contributed by atoms with E-state index in [1.165, 1.54) is 65.7 Å². The first-order chi connectivity index (χ1) is 30.7. The monoisotopic (exact) mass is 814 g/mol. The van der Waals surface area contributed by atoms with Gasteiger partial charge in [-0.05, 0) is 88.1 Å². The zero-order valence-electron chi connectivity index (χ0n) is 34.1. The number of thioether (sulfide) groups is 1. The fourth-order valence-electron chi connectivity index (χ4n) is 9.71. The van der Waals surface area contributed by atoms with E-state index < -0.39 is 0 Å². The Balaban J connectivity index is 1.04. The van der Waals surface area contributed by atoms with Crippen LogP contribution in [0, 0.1) is 0 Å². The highest BCUT2D eigenvalue weighted by Gasteiger charge is 2.38.